The lowest BCUT2D eigenvalue weighted by molar-refractivity contribution is -0.132. The summed E-state index contributed by atoms with van der Waals surface area (Å²) in [5.41, 5.74) is 4.81. The van der Waals surface area contributed by atoms with Gasteiger partial charge in [-0.15, -0.1) is 0 Å². The maximum atomic E-state index is 12.1. The Morgan fingerprint density at radius 1 is 1.47 bits per heavy atom. The van der Waals surface area contributed by atoms with Crippen LogP contribution in [0.1, 0.15) is 33.5 Å². The fourth-order valence-electron chi connectivity index (χ4n) is 1.24. The maximum Gasteiger partial charge on any atom is 0.227 e. The molecule has 3 N–H and O–H groups in total. The third-order valence-electron chi connectivity index (χ3n) is 3.51. The Kier molecular flexibility index (Phi) is 3.62. The predicted octanol–water partition coefficient (Wildman–Crippen LogP) is 0.800. The monoisotopic (exact) mass is 238 g/mol. The highest BCUT2D eigenvalue weighted by Crippen LogP contribution is 2.28. The number of aromatic nitrogens is 2. The minimum absolute atomic E-state index is 0.0620. The van der Waals surface area contributed by atoms with Gasteiger partial charge in [0.2, 0.25) is 5.91 Å². The highest BCUT2D eigenvalue weighted by molar-refractivity contribution is 5.83. The lowest BCUT2D eigenvalue weighted by Gasteiger charge is -2.36. The van der Waals surface area contributed by atoms with Gasteiger partial charge in [-0.05, 0) is 27.7 Å². The van der Waals surface area contributed by atoms with Crippen LogP contribution in [0.5, 0.6) is 0 Å². The summed E-state index contributed by atoms with van der Waals surface area (Å²) in [5.74, 6) is 0.761. The van der Waals surface area contributed by atoms with Crippen molar-refractivity contribution >= 4 is 5.91 Å². The van der Waals surface area contributed by atoms with Crippen molar-refractivity contribution in [3.05, 3.63) is 18.2 Å². The Hall–Kier alpha value is -1.36. The molecule has 0 fully saturated rings. The van der Waals surface area contributed by atoms with Crippen LogP contribution in [0.2, 0.25) is 0 Å². The second kappa shape index (κ2) is 4.49. The van der Waals surface area contributed by atoms with Crippen LogP contribution in [0.3, 0.4) is 0 Å². The van der Waals surface area contributed by atoms with Crippen molar-refractivity contribution in [1.82, 2.24) is 14.9 Å². The quantitative estimate of drug-likeness (QED) is 0.815. The van der Waals surface area contributed by atoms with E-state index in [-0.39, 0.29) is 5.91 Å². The van der Waals surface area contributed by atoms with Gasteiger partial charge < -0.3 is 15.6 Å². The fraction of sp³-hybridized carbons (Fsp3) is 0.667. The van der Waals surface area contributed by atoms with Gasteiger partial charge in [0.05, 0.1) is 12.0 Å². The van der Waals surface area contributed by atoms with Gasteiger partial charge in [0.1, 0.15) is 5.82 Å². The normalized spacial score (nSPS) is 12.6. The summed E-state index contributed by atoms with van der Waals surface area (Å²) in [7, 11) is 1.90. The van der Waals surface area contributed by atoms with Crippen LogP contribution >= 0.6 is 0 Å². The molecule has 1 heterocycles. The van der Waals surface area contributed by atoms with Gasteiger partial charge in [-0.25, -0.2) is 4.98 Å². The van der Waals surface area contributed by atoms with E-state index in [4.69, 9.17) is 5.73 Å². The topological polar surface area (TPSA) is 72.9 Å². The fourth-order valence-corrected chi connectivity index (χ4v) is 1.24. The smallest absolute Gasteiger partial charge is 0.227 e. The Morgan fingerprint density at radius 2 is 2.06 bits per heavy atom. The van der Waals surface area contributed by atoms with Crippen LogP contribution in [-0.2, 0) is 18.4 Å². The molecule has 96 valence electrons. The maximum absolute atomic E-state index is 12.1. The van der Waals surface area contributed by atoms with Gasteiger partial charge in [-0.2, -0.15) is 0 Å². The van der Waals surface area contributed by atoms with E-state index in [2.05, 4.69) is 10.3 Å². The van der Waals surface area contributed by atoms with Gasteiger partial charge in [0.15, 0.2) is 0 Å². The number of hydrogen-bond donors (Lipinski definition) is 2. The van der Waals surface area contributed by atoms with Crippen molar-refractivity contribution in [3.8, 4) is 0 Å². The van der Waals surface area contributed by atoms with E-state index in [9.17, 15) is 4.79 Å². The first kappa shape index (κ1) is 13.7. The van der Waals surface area contributed by atoms with E-state index >= 15 is 0 Å². The first-order valence-corrected chi connectivity index (χ1v) is 5.69. The van der Waals surface area contributed by atoms with Gasteiger partial charge in [-0.3, -0.25) is 4.79 Å². The number of carbonyl (C=O) groups excluding carboxylic acids is 1. The van der Waals surface area contributed by atoms with Crippen LogP contribution in [0.4, 0.5) is 0 Å². The predicted molar refractivity (Wildman–Crippen MR) is 67.1 cm³/mol. The van der Waals surface area contributed by atoms with Gasteiger partial charge >= 0.3 is 0 Å². The lowest BCUT2D eigenvalue weighted by atomic mass is 9.74. The zero-order valence-electron chi connectivity index (χ0n) is 11.2. The number of nitrogens with zero attached hydrogens (tertiary/aromatic N) is 2. The van der Waals surface area contributed by atoms with Gasteiger partial charge in [0.25, 0.3) is 0 Å². The number of nitrogens with two attached hydrogens (primary N) is 1. The molecule has 0 aliphatic rings. The van der Waals surface area contributed by atoms with Crippen LogP contribution in [0.15, 0.2) is 12.4 Å². The Morgan fingerprint density at radius 3 is 2.47 bits per heavy atom. The van der Waals surface area contributed by atoms with E-state index in [1.807, 2.05) is 45.5 Å². The van der Waals surface area contributed by atoms with Crippen LogP contribution < -0.4 is 11.1 Å². The largest absolute Gasteiger partial charge is 0.348 e. The summed E-state index contributed by atoms with van der Waals surface area (Å²) < 4.78 is 1.88. The van der Waals surface area contributed by atoms with Gasteiger partial charge in [-0.1, -0.05) is 0 Å². The minimum Gasteiger partial charge on any atom is -0.348 e. The molecular weight excluding hydrogens is 216 g/mol. The second-order valence-electron chi connectivity index (χ2n) is 5.48. The third-order valence-corrected chi connectivity index (χ3v) is 3.51. The average Bonchev–Trinajstić information content (AvgIpc) is 2.58. The molecule has 1 aromatic heterocycles. The number of aryl methyl sites for hydroxylation is 1. The van der Waals surface area contributed by atoms with Crippen LogP contribution in [-0.4, -0.2) is 21.0 Å². The van der Waals surface area contributed by atoms with Crippen molar-refractivity contribution in [3.63, 3.8) is 0 Å². The molecule has 0 atom stereocenters. The minimum atomic E-state index is -0.627. The Balaban J connectivity index is 2.65. The van der Waals surface area contributed by atoms with Crippen LogP contribution in [0.25, 0.3) is 0 Å². The third kappa shape index (κ3) is 2.85. The zero-order valence-corrected chi connectivity index (χ0v) is 11.2. The first-order chi connectivity index (χ1) is 7.66. The highest BCUT2D eigenvalue weighted by Gasteiger charge is 2.40. The summed E-state index contributed by atoms with van der Waals surface area (Å²) in [6, 6.07) is 0. The number of carbonyl (C=O) groups is 1. The summed E-state index contributed by atoms with van der Waals surface area (Å²) in [5, 5.41) is 2.87. The number of rotatable bonds is 4. The molecule has 0 aliphatic heterocycles. The Bertz CT molecular complexity index is 401. The van der Waals surface area contributed by atoms with E-state index < -0.39 is 11.0 Å². The number of nitrogens with one attached hydrogen (secondary N) is 1. The molecule has 17 heavy (non-hydrogen) atoms. The molecule has 0 radical (unpaired) electrons. The van der Waals surface area contributed by atoms with Crippen molar-refractivity contribution in [2.24, 2.45) is 18.2 Å². The molecule has 0 unspecified atom stereocenters. The van der Waals surface area contributed by atoms with Crippen molar-refractivity contribution < 1.29 is 4.79 Å². The van der Waals surface area contributed by atoms with E-state index in [0.29, 0.717) is 6.54 Å². The summed E-state index contributed by atoms with van der Waals surface area (Å²) in [6.45, 7) is 7.82. The number of imidazole rings is 1. The summed E-state index contributed by atoms with van der Waals surface area (Å²) >= 11 is 0. The highest BCUT2D eigenvalue weighted by atomic mass is 16.2. The Labute approximate surface area is 102 Å². The first-order valence-electron chi connectivity index (χ1n) is 5.69. The molecule has 1 rings (SSSR count). The van der Waals surface area contributed by atoms with E-state index in [1.165, 1.54) is 0 Å². The van der Waals surface area contributed by atoms with Gasteiger partial charge in [0, 0.05) is 25.0 Å². The molecule has 0 aliphatic carbocycles. The molecule has 5 nitrogen and oxygen atoms in total. The van der Waals surface area contributed by atoms with Crippen molar-refractivity contribution in [2.75, 3.05) is 0 Å². The molecule has 1 amide bonds. The standard InChI is InChI=1S/C12H22N4O/c1-11(2,12(3,4)13)10(17)15-8-9-14-6-7-16(9)5/h6-7H,8,13H2,1-5H3,(H,15,17). The lowest BCUT2D eigenvalue weighted by Crippen LogP contribution is -2.55. The zero-order chi connectivity index (χ0) is 13.3. The second-order valence-corrected chi connectivity index (χ2v) is 5.48. The SMILES string of the molecule is Cn1ccnc1CNC(=O)C(C)(C)C(C)(C)N. The molecule has 0 spiro atoms. The molecule has 0 bridgehead atoms. The number of amides is 1. The molecule has 0 aromatic carbocycles. The van der Waals surface area contributed by atoms with Crippen molar-refractivity contribution in [1.29, 1.82) is 0 Å². The van der Waals surface area contributed by atoms with E-state index in [1.54, 1.807) is 6.20 Å². The van der Waals surface area contributed by atoms with Crippen molar-refractivity contribution in [2.45, 2.75) is 39.8 Å². The molecule has 0 saturated heterocycles. The summed E-state index contributed by atoms with van der Waals surface area (Å²) in [6.07, 6.45) is 3.55. The molecule has 0 saturated carbocycles. The molecule has 5 heteroatoms. The molecular formula is C12H22N4O. The molecule has 1 aromatic rings. The summed E-state index contributed by atoms with van der Waals surface area (Å²) in [4.78, 5) is 16.2. The number of hydrogen-bond acceptors (Lipinski definition) is 3. The van der Waals surface area contributed by atoms with Crippen LogP contribution in [0, 0.1) is 5.41 Å². The average molecular weight is 238 g/mol. The van der Waals surface area contributed by atoms with E-state index in [0.717, 1.165) is 5.82 Å².